The first kappa shape index (κ1) is 15.7. The molecule has 1 N–H and O–H groups in total. The van der Waals surface area contributed by atoms with E-state index in [9.17, 15) is 8.42 Å². The highest BCUT2D eigenvalue weighted by molar-refractivity contribution is 7.86. The molecule has 21 heavy (non-hydrogen) atoms. The molecular formula is C14H27N3O3S. The van der Waals surface area contributed by atoms with Gasteiger partial charge in [0.05, 0.1) is 12.2 Å². The second-order valence-electron chi connectivity index (χ2n) is 6.68. The van der Waals surface area contributed by atoms with Gasteiger partial charge in [-0.3, -0.25) is 0 Å². The second kappa shape index (κ2) is 6.12. The summed E-state index contributed by atoms with van der Waals surface area (Å²) in [6, 6.07) is 0.530. The first-order chi connectivity index (χ1) is 9.96. The van der Waals surface area contributed by atoms with Crippen molar-refractivity contribution in [3.8, 4) is 0 Å². The zero-order valence-electron chi connectivity index (χ0n) is 13.0. The molecule has 2 saturated heterocycles. The molecule has 3 aliphatic rings. The minimum atomic E-state index is -3.37. The maximum Gasteiger partial charge on any atom is 0.282 e. The van der Waals surface area contributed by atoms with Crippen LogP contribution in [0.15, 0.2) is 0 Å². The first-order valence-corrected chi connectivity index (χ1v) is 9.52. The SMILES string of the molecule is CC1CN(S(=O)(=O)N(CC2CCCN2)C2CC2)CC(C)O1. The Balaban J connectivity index is 1.73. The van der Waals surface area contributed by atoms with Crippen LogP contribution in [0.25, 0.3) is 0 Å². The molecular weight excluding hydrogens is 290 g/mol. The summed E-state index contributed by atoms with van der Waals surface area (Å²) in [5.74, 6) is 0. The predicted molar refractivity (Wildman–Crippen MR) is 81.3 cm³/mol. The molecule has 1 aliphatic carbocycles. The molecule has 2 aliphatic heterocycles. The van der Waals surface area contributed by atoms with E-state index >= 15 is 0 Å². The molecule has 2 heterocycles. The van der Waals surface area contributed by atoms with Gasteiger partial charge in [-0.05, 0) is 46.1 Å². The van der Waals surface area contributed by atoms with Gasteiger partial charge < -0.3 is 10.1 Å². The van der Waals surface area contributed by atoms with E-state index in [1.807, 2.05) is 13.8 Å². The zero-order chi connectivity index (χ0) is 15.0. The van der Waals surface area contributed by atoms with Crippen molar-refractivity contribution in [3.63, 3.8) is 0 Å². The third kappa shape index (κ3) is 3.59. The van der Waals surface area contributed by atoms with Gasteiger partial charge in [-0.15, -0.1) is 0 Å². The lowest BCUT2D eigenvalue weighted by molar-refractivity contribution is -0.0455. The topological polar surface area (TPSA) is 61.9 Å². The van der Waals surface area contributed by atoms with E-state index in [1.54, 1.807) is 8.61 Å². The average molecular weight is 317 g/mol. The van der Waals surface area contributed by atoms with Crippen molar-refractivity contribution in [1.82, 2.24) is 13.9 Å². The van der Waals surface area contributed by atoms with Gasteiger partial charge in [-0.1, -0.05) is 0 Å². The minimum absolute atomic E-state index is 0.0332. The Bertz CT molecular complexity index is 450. The Hall–Kier alpha value is -0.210. The van der Waals surface area contributed by atoms with Gasteiger partial charge >= 0.3 is 0 Å². The standard InChI is InChI=1S/C14H27N3O3S/c1-11-8-16(9-12(2)20-11)21(18,19)17(14-5-6-14)10-13-4-3-7-15-13/h11-15H,3-10H2,1-2H3. The van der Waals surface area contributed by atoms with Gasteiger partial charge in [0.25, 0.3) is 10.2 Å². The minimum Gasteiger partial charge on any atom is -0.373 e. The van der Waals surface area contributed by atoms with E-state index in [0.29, 0.717) is 25.7 Å². The number of nitrogens with zero attached hydrogens (tertiary/aromatic N) is 2. The van der Waals surface area contributed by atoms with Crippen molar-refractivity contribution in [1.29, 1.82) is 0 Å². The highest BCUT2D eigenvalue weighted by Crippen LogP contribution is 2.32. The maximum absolute atomic E-state index is 13.0. The fourth-order valence-electron chi connectivity index (χ4n) is 3.39. The number of morpholine rings is 1. The van der Waals surface area contributed by atoms with E-state index in [1.165, 1.54) is 0 Å². The molecule has 3 fully saturated rings. The van der Waals surface area contributed by atoms with E-state index in [-0.39, 0.29) is 18.2 Å². The van der Waals surface area contributed by atoms with E-state index in [4.69, 9.17) is 4.74 Å². The molecule has 0 radical (unpaired) electrons. The van der Waals surface area contributed by atoms with Gasteiger partial charge in [0.1, 0.15) is 0 Å². The van der Waals surface area contributed by atoms with Crippen LogP contribution in [0.5, 0.6) is 0 Å². The van der Waals surface area contributed by atoms with Gasteiger partial charge in [-0.25, -0.2) is 0 Å². The van der Waals surface area contributed by atoms with Crippen LogP contribution in [0, 0.1) is 0 Å². The van der Waals surface area contributed by atoms with Crippen LogP contribution in [0.3, 0.4) is 0 Å². The Kier molecular flexibility index (Phi) is 4.57. The largest absolute Gasteiger partial charge is 0.373 e. The summed E-state index contributed by atoms with van der Waals surface area (Å²) < 4.78 is 35.1. The summed E-state index contributed by atoms with van der Waals surface area (Å²) >= 11 is 0. The number of hydrogen-bond acceptors (Lipinski definition) is 4. The molecule has 6 nitrogen and oxygen atoms in total. The van der Waals surface area contributed by atoms with Crippen LogP contribution in [0.1, 0.15) is 39.5 Å². The van der Waals surface area contributed by atoms with Crippen molar-refractivity contribution in [3.05, 3.63) is 0 Å². The fourth-order valence-corrected chi connectivity index (χ4v) is 5.44. The van der Waals surface area contributed by atoms with Gasteiger partial charge in [-0.2, -0.15) is 17.0 Å². The molecule has 3 rings (SSSR count). The van der Waals surface area contributed by atoms with E-state index < -0.39 is 10.2 Å². The van der Waals surface area contributed by atoms with E-state index in [2.05, 4.69) is 5.32 Å². The molecule has 0 bridgehead atoms. The van der Waals surface area contributed by atoms with Crippen molar-refractivity contribution in [2.24, 2.45) is 0 Å². The van der Waals surface area contributed by atoms with Crippen molar-refractivity contribution in [2.75, 3.05) is 26.2 Å². The first-order valence-electron chi connectivity index (χ1n) is 8.12. The third-order valence-corrected chi connectivity index (χ3v) is 6.52. The molecule has 0 aromatic heterocycles. The van der Waals surface area contributed by atoms with Crippen LogP contribution < -0.4 is 5.32 Å². The van der Waals surface area contributed by atoms with Gasteiger partial charge in [0, 0.05) is 31.7 Å². The quantitative estimate of drug-likeness (QED) is 0.805. The summed E-state index contributed by atoms with van der Waals surface area (Å²) in [5.41, 5.74) is 0. The average Bonchev–Trinajstić information content (AvgIpc) is 3.11. The Morgan fingerprint density at radius 3 is 2.38 bits per heavy atom. The number of nitrogens with one attached hydrogen (secondary N) is 1. The van der Waals surface area contributed by atoms with Crippen molar-refractivity contribution >= 4 is 10.2 Å². The van der Waals surface area contributed by atoms with Gasteiger partial charge in [0.2, 0.25) is 0 Å². The second-order valence-corrected chi connectivity index (χ2v) is 8.56. The van der Waals surface area contributed by atoms with Crippen molar-refractivity contribution < 1.29 is 13.2 Å². The molecule has 1 saturated carbocycles. The maximum atomic E-state index is 13.0. The van der Waals surface area contributed by atoms with Crippen LogP contribution in [-0.2, 0) is 14.9 Å². The van der Waals surface area contributed by atoms with Crippen LogP contribution >= 0.6 is 0 Å². The normalized spacial score (nSPS) is 35.5. The Labute approximate surface area is 128 Å². The smallest absolute Gasteiger partial charge is 0.282 e. The molecule has 3 atom stereocenters. The lowest BCUT2D eigenvalue weighted by atomic mass is 10.2. The Morgan fingerprint density at radius 2 is 1.86 bits per heavy atom. The van der Waals surface area contributed by atoms with E-state index in [0.717, 1.165) is 32.2 Å². The molecule has 3 unspecified atom stereocenters. The molecule has 7 heteroatoms. The molecule has 122 valence electrons. The lowest BCUT2D eigenvalue weighted by Gasteiger charge is -2.38. The summed E-state index contributed by atoms with van der Waals surface area (Å²) in [5, 5.41) is 3.41. The highest BCUT2D eigenvalue weighted by Gasteiger charge is 2.43. The predicted octanol–water partition coefficient (Wildman–Crippen LogP) is 0.557. The van der Waals surface area contributed by atoms with Crippen LogP contribution in [-0.4, -0.2) is 67.5 Å². The molecule has 0 aromatic carbocycles. The molecule has 0 aromatic rings. The lowest BCUT2D eigenvalue weighted by Crippen LogP contribution is -2.55. The number of hydrogen-bond donors (Lipinski definition) is 1. The third-order valence-electron chi connectivity index (χ3n) is 4.53. The van der Waals surface area contributed by atoms with Crippen LogP contribution in [0.2, 0.25) is 0 Å². The summed E-state index contributed by atoms with van der Waals surface area (Å²) in [6.07, 6.45) is 4.16. The summed E-state index contributed by atoms with van der Waals surface area (Å²) in [4.78, 5) is 0. The Morgan fingerprint density at radius 1 is 1.19 bits per heavy atom. The monoisotopic (exact) mass is 317 g/mol. The summed E-state index contributed by atoms with van der Waals surface area (Å²) in [7, 11) is -3.37. The van der Waals surface area contributed by atoms with Crippen molar-refractivity contribution in [2.45, 2.75) is 63.8 Å². The zero-order valence-corrected chi connectivity index (χ0v) is 13.8. The summed E-state index contributed by atoms with van der Waals surface area (Å²) in [6.45, 7) is 6.44. The van der Waals surface area contributed by atoms with Crippen LogP contribution in [0.4, 0.5) is 0 Å². The molecule has 0 spiro atoms. The number of rotatable bonds is 5. The molecule has 0 amide bonds. The fraction of sp³-hybridized carbons (Fsp3) is 1.00. The number of ether oxygens (including phenoxy) is 1. The van der Waals surface area contributed by atoms with Gasteiger partial charge in [0.15, 0.2) is 0 Å². The highest BCUT2D eigenvalue weighted by atomic mass is 32.2.